The van der Waals surface area contributed by atoms with E-state index in [-0.39, 0.29) is 0 Å². The van der Waals surface area contributed by atoms with E-state index in [1.165, 1.54) is 37.0 Å². The molecule has 0 saturated heterocycles. The largest absolute Gasteiger partial charge is 0.466 e. The molecule has 2 rings (SSSR count). The third-order valence-electron chi connectivity index (χ3n) is 3.97. The summed E-state index contributed by atoms with van der Waals surface area (Å²) in [5.74, 6) is 3.05. The Bertz CT molecular complexity index is 425. The van der Waals surface area contributed by atoms with Gasteiger partial charge in [0.2, 0.25) is 0 Å². The SMILES string of the molecule is Cc1cc2c(o1)CC(C)(CCCCC(C)C)C=C2. The van der Waals surface area contributed by atoms with Gasteiger partial charge in [-0.1, -0.05) is 52.2 Å². The van der Waals surface area contributed by atoms with Crippen molar-refractivity contribution in [2.75, 3.05) is 0 Å². The van der Waals surface area contributed by atoms with Gasteiger partial charge in [-0.3, -0.25) is 0 Å². The predicted molar refractivity (Wildman–Crippen MR) is 77.6 cm³/mol. The molecule has 1 aromatic heterocycles. The molecule has 1 heterocycles. The van der Waals surface area contributed by atoms with E-state index in [9.17, 15) is 0 Å². The van der Waals surface area contributed by atoms with Crippen molar-refractivity contribution in [3.8, 4) is 0 Å². The number of allylic oxidation sites excluding steroid dienone is 1. The van der Waals surface area contributed by atoms with Crippen LogP contribution in [0.15, 0.2) is 16.6 Å². The molecule has 0 aliphatic heterocycles. The predicted octanol–water partition coefficient (Wildman–Crippen LogP) is 5.38. The van der Waals surface area contributed by atoms with Crippen LogP contribution in [0.5, 0.6) is 0 Å². The van der Waals surface area contributed by atoms with Crippen LogP contribution < -0.4 is 0 Å². The molecule has 0 saturated carbocycles. The molecule has 1 aromatic rings. The number of rotatable bonds is 5. The average molecular weight is 246 g/mol. The summed E-state index contributed by atoms with van der Waals surface area (Å²) in [6, 6.07) is 2.14. The van der Waals surface area contributed by atoms with Gasteiger partial charge < -0.3 is 4.42 Å². The van der Waals surface area contributed by atoms with E-state index in [4.69, 9.17) is 4.42 Å². The lowest BCUT2D eigenvalue weighted by molar-refractivity contribution is 0.326. The van der Waals surface area contributed by atoms with Crippen LogP contribution >= 0.6 is 0 Å². The highest BCUT2D eigenvalue weighted by Crippen LogP contribution is 2.37. The molecule has 0 radical (unpaired) electrons. The third-order valence-corrected chi connectivity index (χ3v) is 3.97. The molecule has 0 bridgehead atoms. The highest BCUT2D eigenvalue weighted by molar-refractivity contribution is 5.56. The van der Waals surface area contributed by atoms with Crippen molar-refractivity contribution in [3.05, 3.63) is 29.2 Å². The first-order chi connectivity index (χ1) is 8.48. The van der Waals surface area contributed by atoms with Gasteiger partial charge in [-0.05, 0) is 30.7 Å². The molecular formula is C17H26O. The van der Waals surface area contributed by atoms with Crippen LogP contribution in [-0.4, -0.2) is 0 Å². The van der Waals surface area contributed by atoms with Gasteiger partial charge in [-0.25, -0.2) is 0 Å². The van der Waals surface area contributed by atoms with Gasteiger partial charge in [-0.15, -0.1) is 0 Å². The number of hydrogen-bond acceptors (Lipinski definition) is 1. The molecule has 1 nitrogen and oxygen atoms in total. The second-order valence-corrected chi connectivity index (χ2v) is 6.54. The number of furan rings is 1. The molecule has 0 spiro atoms. The Morgan fingerprint density at radius 2 is 2.11 bits per heavy atom. The van der Waals surface area contributed by atoms with E-state index in [0.29, 0.717) is 5.41 Å². The van der Waals surface area contributed by atoms with Crippen molar-refractivity contribution in [1.29, 1.82) is 0 Å². The molecule has 0 aromatic carbocycles. The minimum atomic E-state index is 0.300. The Balaban J connectivity index is 1.90. The topological polar surface area (TPSA) is 13.1 Å². The number of aryl methyl sites for hydroxylation is 1. The van der Waals surface area contributed by atoms with Crippen molar-refractivity contribution in [2.24, 2.45) is 11.3 Å². The lowest BCUT2D eigenvalue weighted by Crippen LogP contribution is -2.19. The fraction of sp³-hybridized carbons (Fsp3) is 0.647. The van der Waals surface area contributed by atoms with Crippen molar-refractivity contribution in [1.82, 2.24) is 0 Å². The normalized spacial score (nSPS) is 22.5. The average Bonchev–Trinajstić information content (AvgIpc) is 2.63. The van der Waals surface area contributed by atoms with Crippen LogP contribution in [0.2, 0.25) is 0 Å². The lowest BCUT2D eigenvalue weighted by atomic mass is 9.77. The maximum absolute atomic E-state index is 5.79. The fourth-order valence-electron chi connectivity index (χ4n) is 2.83. The van der Waals surface area contributed by atoms with Gasteiger partial charge in [-0.2, -0.15) is 0 Å². The zero-order valence-corrected chi connectivity index (χ0v) is 12.3. The highest BCUT2D eigenvalue weighted by Gasteiger charge is 2.27. The molecule has 1 aliphatic carbocycles. The minimum absolute atomic E-state index is 0.300. The second kappa shape index (κ2) is 5.34. The van der Waals surface area contributed by atoms with E-state index in [1.807, 2.05) is 6.92 Å². The maximum Gasteiger partial charge on any atom is 0.112 e. The van der Waals surface area contributed by atoms with Crippen molar-refractivity contribution in [3.63, 3.8) is 0 Å². The van der Waals surface area contributed by atoms with Crippen LogP contribution in [0.4, 0.5) is 0 Å². The van der Waals surface area contributed by atoms with Gasteiger partial charge in [0.15, 0.2) is 0 Å². The van der Waals surface area contributed by atoms with Crippen molar-refractivity contribution >= 4 is 6.08 Å². The van der Waals surface area contributed by atoms with Crippen LogP contribution in [-0.2, 0) is 6.42 Å². The summed E-state index contributed by atoms with van der Waals surface area (Å²) in [4.78, 5) is 0. The van der Waals surface area contributed by atoms with Crippen LogP contribution in [0.25, 0.3) is 6.08 Å². The summed E-state index contributed by atoms with van der Waals surface area (Å²) in [6.45, 7) is 9.01. The fourth-order valence-corrected chi connectivity index (χ4v) is 2.83. The first kappa shape index (κ1) is 13.5. The first-order valence-electron chi connectivity index (χ1n) is 7.27. The molecule has 18 heavy (non-hydrogen) atoms. The van der Waals surface area contributed by atoms with E-state index < -0.39 is 0 Å². The Kier molecular flexibility index (Phi) is 3.99. The zero-order chi connectivity index (χ0) is 13.2. The Labute approximate surface area is 111 Å². The smallest absolute Gasteiger partial charge is 0.112 e. The van der Waals surface area contributed by atoms with E-state index in [2.05, 4.69) is 39.0 Å². The summed E-state index contributed by atoms with van der Waals surface area (Å²) >= 11 is 0. The minimum Gasteiger partial charge on any atom is -0.466 e. The van der Waals surface area contributed by atoms with Crippen LogP contribution in [0, 0.1) is 18.3 Å². The van der Waals surface area contributed by atoms with E-state index in [0.717, 1.165) is 18.1 Å². The summed E-state index contributed by atoms with van der Waals surface area (Å²) in [6.07, 6.45) is 11.0. The van der Waals surface area contributed by atoms with Gasteiger partial charge >= 0.3 is 0 Å². The summed E-state index contributed by atoms with van der Waals surface area (Å²) in [5, 5.41) is 0. The lowest BCUT2D eigenvalue weighted by Gasteiger charge is -2.28. The van der Waals surface area contributed by atoms with Crippen molar-refractivity contribution < 1.29 is 4.42 Å². The van der Waals surface area contributed by atoms with E-state index in [1.54, 1.807) is 0 Å². The highest BCUT2D eigenvalue weighted by atomic mass is 16.3. The molecule has 0 amide bonds. The maximum atomic E-state index is 5.79. The molecular weight excluding hydrogens is 220 g/mol. The first-order valence-corrected chi connectivity index (χ1v) is 7.27. The molecule has 1 aliphatic rings. The summed E-state index contributed by atoms with van der Waals surface area (Å²) in [7, 11) is 0. The van der Waals surface area contributed by atoms with Gasteiger partial charge in [0, 0.05) is 12.0 Å². The summed E-state index contributed by atoms with van der Waals surface area (Å²) in [5.41, 5.74) is 1.58. The molecule has 1 atom stereocenters. The van der Waals surface area contributed by atoms with Crippen molar-refractivity contribution in [2.45, 2.75) is 59.8 Å². The molecule has 0 N–H and O–H groups in total. The van der Waals surface area contributed by atoms with Gasteiger partial charge in [0.1, 0.15) is 11.5 Å². The Hall–Kier alpha value is -0.980. The second-order valence-electron chi connectivity index (χ2n) is 6.54. The van der Waals surface area contributed by atoms with Crippen LogP contribution in [0.3, 0.4) is 0 Å². The standard InChI is InChI=1S/C17H26O/c1-13(2)7-5-6-9-17(4)10-8-15-11-14(3)18-16(15)12-17/h8,10-11,13H,5-7,9,12H2,1-4H3. The molecule has 0 fully saturated rings. The van der Waals surface area contributed by atoms with Gasteiger partial charge in [0.05, 0.1) is 0 Å². The van der Waals surface area contributed by atoms with E-state index >= 15 is 0 Å². The third kappa shape index (κ3) is 3.28. The summed E-state index contributed by atoms with van der Waals surface area (Å²) < 4.78 is 5.79. The number of unbranched alkanes of at least 4 members (excludes halogenated alkanes) is 1. The van der Waals surface area contributed by atoms with Gasteiger partial charge in [0.25, 0.3) is 0 Å². The molecule has 1 unspecified atom stereocenters. The monoisotopic (exact) mass is 246 g/mol. The molecule has 100 valence electrons. The Morgan fingerprint density at radius 1 is 1.33 bits per heavy atom. The zero-order valence-electron chi connectivity index (χ0n) is 12.3. The number of fused-ring (bicyclic) bond motifs is 1. The van der Waals surface area contributed by atoms with Crippen LogP contribution in [0.1, 0.15) is 63.5 Å². The quantitative estimate of drug-likeness (QED) is 0.636. The Morgan fingerprint density at radius 3 is 2.83 bits per heavy atom. The molecule has 1 heteroatoms. The number of hydrogen-bond donors (Lipinski definition) is 0.